The lowest BCUT2D eigenvalue weighted by Gasteiger charge is -1.99. The van der Waals surface area contributed by atoms with E-state index in [0.717, 1.165) is 20.4 Å². The highest BCUT2D eigenvalue weighted by atomic mass is 127. The van der Waals surface area contributed by atoms with Crippen LogP contribution in [-0.4, -0.2) is 19.7 Å². The van der Waals surface area contributed by atoms with Gasteiger partial charge in [0.25, 0.3) is 5.95 Å². The van der Waals surface area contributed by atoms with Gasteiger partial charge in [-0.1, -0.05) is 12.1 Å². The summed E-state index contributed by atoms with van der Waals surface area (Å²) in [6.07, 6.45) is 7.20. The molecule has 1 aromatic carbocycles. The minimum atomic E-state index is 0.558. The van der Waals surface area contributed by atoms with Crippen molar-refractivity contribution in [2.45, 2.75) is 0 Å². The molecule has 0 aliphatic heterocycles. The lowest BCUT2D eigenvalue weighted by atomic mass is 10.1. The van der Waals surface area contributed by atoms with Gasteiger partial charge < -0.3 is 5.73 Å². The van der Waals surface area contributed by atoms with Crippen molar-refractivity contribution in [2.24, 2.45) is 0 Å². The van der Waals surface area contributed by atoms with Gasteiger partial charge in [-0.05, 0) is 40.3 Å². The summed E-state index contributed by atoms with van der Waals surface area (Å²) >= 11 is 2.17. The van der Waals surface area contributed by atoms with Crippen molar-refractivity contribution in [3.63, 3.8) is 0 Å². The lowest BCUT2D eigenvalue weighted by Crippen LogP contribution is -2.00. The van der Waals surface area contributed by atoms with E-state index < -0.39 is 0 Å². The molecule has 6 heteroatoms. The van der Waals surface area contributed by atoms with Crippen molar-refractivity contribution in [1.29, 1.82) is 0 Å². The number of hydrogen-bond acceptors (Lipinski definition) is 4. The number of rotatable bonds is 2. The molecule has 0 saturated carbocycles. The van der Waals surface area contributed by atoms with E-state index in [-0.39, 0.29) is 0 Å². The van der Waals surface area contributed by atoms with Gasteiger partial charge in [0.1, 0.15) is 0 Å². The first-order chi connectivity index (χ1) is 9.22. The molecule has 0 saturated heterocycles. The van der Waals surface area contributed by atoms with Crippen LogP contribution < -0.4 is 5.73 Å². The maximum Gasteiger partial charge on any atom is 0.250 e. The fourth-order valence-electron chi connectivity index (χ4n) is 1.68. The molecule has 0 atom stereocenters. The number of aromatic nitrogens is 4. The van der Waals surface area contributed by atoms with E-state index in [4.69, 9.17) is 5.73 Å². The van der Waals surface area contributed by atoms with Crippen LogP contribution in [0.2, 0.25) is 0 Å². The van der Waals surface area contributed by atoms with E-state index in [1.807, 2.05) is 30.5 Å². The van der Waals surface area contributed by atoms with Crippen LogP contribution in [0.5, 0.6) is 0 Å². The summed E-state index contributed by atoms with van der Waals surface area (Å²) < 4.78 is 2.65. The van der Waals surface area contributed by atoms with Gasteiger partial charge in [0.15, 0.2) is 0 Å². The van der Waals surface area contributed by atoms with Crippen LogP contribution in [0.4, 0.5) is 5.69 Å². The van der Waals surface area contributed by atoms with E-state index in [1.165, 1.54) is 0 Å². The van der Waals surface area contributed by atoms with Crippen molar-refractivity contribution >= 4 is 28.3 Å². The number of hydrogen-bond donors (Lipinski definition) is 1. The fourth-order valence-corrected chi connectivity index (χ4v) is 1.96. The van der Waals surface area contributed by atoms with Gasteiger partial charge in [-0.15, -0.1) is 0 Å². The molecule has 0 aliphatic rings. The van der Waals surface area contributed by atoms with E-state index >= 15 is 0 Å². The van der Waals surface area contributed by atoms with Crippen LogP contribution in [0.1, 0.15) is 0 Å². The van der Waals surface area contributed by atoms with Gasteiger partial charge in [0.2, 0.25) is 0 Å². The van der Waals surface area contributed by atoms with Crippen LogP contribution in [0.15, 0.2) is 49.1 Å². The average molecular weight is 363 g/mol. The summed E-state index contributed by atoms with van der Waals surface area (Å²) in [4.78, 5) is 8.46. The predicted molar refractivity (Wildman–Crippen MR) is 81.7 cm³/mol. The number of benzene rings is 1. The third kappa shape index (κ3) is 2.58. The Labute approximate surface area is 123 Å². The Morgan fingerprint density at radius 3 is 2.32 bits per heavy atom. The molecule has 0 fully saturated rings. The summed E-state index contributed by atoms with van der Waals surface area (Å²) in [5.41, 5.74) is 8.48. The van der Waals surface area contributed by atoms with Crippen LogP contribution in [0.3, 0.4) is 0 Å². The Morgan fingerprint density at radius 2 is 1.63 bits per heavy atom. The normalized spacial score (nSPS) is 10.6. The molecule has 5 nitrogen and oxygen atoms in total. The minimum Gasteiger partial charge on any atom is -0.399 e. The fraction of sp³-hybridized carbons (Fsp3) is 0. The average Bonchev–Trinajstić information content (AvgIpc) is 2.90. The third-order valence-corrected chi connectivity index (χ3v) is 3.20. The Bertz CT molecular complexity index is 628. The zero-order chi connectivity index (χ0) is 13.2. The summed E-state index contributed by atoms with van der Waals surface area (Å²) in [6, 6.07) is 7.67. The molecule has 2 heterocycles. The number of nitrogens with two attached hydrogens (primary N) is 1. The molecule has 0 spiro atoms. The van der Waals surface area contributed by atoms with Gasteiger partial charge in [-0.25, -0.2) is 14.6 Å². The van der Waals surface area contributed by atoms with Crippen LogP contribution >= 0.6 is 22.6 Å². The summed E-state index contributed by atoms with van der Waals surface area (Å²) in [7, 11) is 0. The lowest BCUT2D eigenvalue weighted by molar-refractivity contribution is 0.806. The number of nitrogens with zero attached hydrogens (tertiary/aromatic N) is 4. The first-order valence-electron chi connectivity index (χ1n) is 5.61. The van der Waals surface area contributed by atoms with Crippen LogP contribution in [-0.2, 0) is 0 Å². The highest BCUT2D eigenvalue weighted by molar-refractivity contribution is 14.1. The first-order valence-corrected chi connectivity index (χ1v) is 6.69. The molecule has 2 N–H and O–H groups in total. The Morgan fingerprint density at radius 1 is 0.947 bits per heavy atom. The van der Waals surface area contributed by atoms with E-state index in [0.29, 0.717) is 5.95 Å². The van der Waals surface area contributed by atoms with Crippen molar-refractivity contribution in [3.8, 4) is 17.1 Å². The molecule has 0 unspecified atom stereocenters. The molecular weight excluding hydrogens is 353 g/mol. The molecule has 3 aromatic rings. The monoisotopic (exact) mass is 363 g/mol. The molecule has 94 valence electrons. The van der Waals surface area contributed by atoms with Crippen molar-refractivity contribution in [3.05, 3.63) is 52.6 Å². The molecule has 0 aliphatic carbocycles. The molecular formula is C13H10IN5. The highest BCUT2D eigenvalue weighted by Crippen LogP contribution is 2.20. The zero-order valence-electron chi connectivity index (χ0n) is 9.86. The van der Waals surface area contributed by atoms with Crippen molar-refractivity contribution < 1.29 is 0 Å². The maximum atomic E-state index is 5.67. The van der Waals surface area contributed by atoms with E-state index in [2.05, 4.69) is 37.7 Å². The molecule has 0 radical (unpaired) electrons. The van der Waals surface area contributed by atoms with Crippen LogP contribution in [0, 0.1) is 3.57 Å². The Hall–Kier alpha value is -1.96. The smallest absolute Gasteiger partial charge is 0.250 e. The van der Waals surface area contributed by atoms with E-state index in [1.54, 1.807) is 23.3 Å². The number of anilines is 1. The van der Waals surface area contributed by atoms with Crippen molar-refractivity contribution in [1.82, 2.24) is 19.7 Å². The highest BCUT2D eigenvalue weighted by Gasteiger charge is 2.05. The molecule has 0 amide bonds. The quantitative estimate of drug-likeness (QED) is 0.561. The third-order valence-electron chi connectivity index (χ3n) is 2.64. The van der Waals surface area contributed by atoms with Gasteiger partial charge in [0.05, 0.1) is 6.20 Å². The molecule has 2 aromatic heterocycles. The summed E-state index contributed by atoms with van der Waals surface area (Å²) in [6.45, 7) is 0. The largest absolute Gasteiger partial charge is 0.399 e. The standard InChI is InChI=1S/C13H10IN5/c14-11-6-16-13(17-7-11)19-8-10(5-18-19)9-1-3-12(15)4-2-9/h1-8H,15H2. The number of nitrogen functional groups attached to an aromatic ring is 1. The summed E-state index contributed by atoms with van der Waals surface area (Å²) in [5.74, 6) is 0.558. The van der Waals surface area contributed by atoms with Gasteiger partial charge in [0, 0.05) is 33.4 Å². The van der Waals surface area contributed by atoms with Gasteiger partial charge in [-0.2, -0.15) is 5.10 Å². The maximum absolute atomic E-state index is 5.67. The second-order valence-electron chi connectivity index (χ2n) is 4.00. The molecule has 0 bridgehead atoms. The zero-order valence-corrected chi connectivity index (χ0v) is 12.0. The first kappa shape index (κ1) is 12.1. The van der Waals surface area contributed by atoms with Gasteiger partial charge >= 0.3 is 0 Å². The second kappa shape index (κ2) is 4.96. The predicted octanol–water partition coefficient (Wildman–Crippen LogP) is 2.52. The Balaban J connectivity index is 1.95. The Kier molecular flexibility index (Phi) is 3.16. The second-order valence-corrected chi connectivity index (χ2v) is 5.24. The topological polar surface area (TPSA) is 69.6 Å². The SMILES string of the molecule is Nc1ccc(-c2cnn(-c3ncc(I)cn3)c2)cc1. The minimum absolute atomic E-state index is 0.558. The number of halogens is 1. The van der Waals surface area contributed by atoms with Crippen LogP contribution in [0.25, 0.3) is 17.1 Å². The summed E-state index contributed by atoms with van der Waals surface area (Å²) in [5, 5.41) is 4.27. The van der Waals surface area contributed by atoms with Gasteiger partial charge in [-0.3, -0.25) is 0 Å². The molecule has 3 rings (SSSR count). The molecule has 19 heavy (non-hydrogen) atoms. The van der Waals surface area contributed by atoms with E-state index in [9.17, 15) is 0 Å². The van der Waals surface area contributed by atoms with Crippen molar-refractivity contribution in [2.75, 3.05) is 5.73 Å².